The number of rotatable bonds is 7. The van der Waals surface area contributed by atoms with E-state index in [1.54, 1.807) is 0 Å². The summed E-state index contributed by atoms with van der Waals surface area (Å²) in [5.41, 5.74) is 3.14. The van der Waals surface area contributed by atoms with E-state index in [2.05, 4.69) is 50.0 Å². The van der Waals surface area contributed by atoms with Gasteiger partial charge in [0, 0.05) is 5.69 Å². The molecule has 0 saturated carbocycles. The first-order valence-corrected chi connectivity index (χ1v) is 8.76. The lowest BCUT2D eigenvalue weighted by Crippen LogP contribution is -2.37. The molecule has 0 spiro atoms. The number of nitrogens with one attached hydrogen (secondary N) is 1. The van der Waals surface area contributed by atoms with E-state index in [-0.39, 0.29) is 11.9 Å². The van der Waals surface area contributed by atoms with Crippen molar-refractivity contribution in [1.82, 2.24) is 4.90 Å². The Morgan fingerprint density at radius 1 is 0.917 bits per heavy atom. The van der Waals surface area contributed by atoms with Crippen LogP contribution < -0.4 is 5.32 Å². The van der Waals surface area contributed by atoms with Gasteiger partial charge in [-0.25, -0.2) is 0 Å². The third kappa shape index (κ3) is 4.45. The van der Waals surface area contributed by atoms with Crippen LogP contribution in [0.2, 0.25) is 0 Å². The van der Waals surface area contributed by atoms with Gasteiger partial charge in [-0.2, -0.15) is 0 Å². The van der Waals surface area contributed by atoms with Crippen LogP contribution in [-0.4, -0.2) is 23.9 Å². The number of anilines is 1. The average Bonchev–Trinajstić information content (AvgIpc) is 2.60. The minimum atomic E-state index is -0.272. The summed E-state index contributed by atoms with van der Waals surface area (Å²) >= 11 is 0. The highest BCUT2D eigenvalue weighted by Gasteiger charge is 2.25. The number of carbonyl (C=O) groups excluding carboxylic acids is 1. The van der Waals surface area contributed by atoms with Gasteiger partial charge in [-0.1, -0.05) is 70.2 Å². The Morgan fingerprint density at radius 3 is 2.00 bits per heavy atom. The second-order valence-electron chi connectivity index (χ2n) is 6.30. The molecule has 24 heavy (non-hydrogen) atoms. The van der Waals surface area contributed by atoms with Gasteiger partial charge in [0.05, 0.1) is 0 Å². The lowest BCUT2D eigenvalue weighted by molar-refractivity contribution is -0.121. The summed E-state index contributed by atoms with van der Waals surface area (Å²) in [5, 5.41) is 3.08. The monoisotopic (exact) mass is 324 g/mol. The van der Waals surface area contributed by atoms with E-state index in [1.807, 2.05) is 42.5 Å². The lowest BCUT2D eigenvalue weighted by Gasteiger charge is -2.29. The number of hydrogen-bond acceptors (Lipinski definition) is 2. The Hall–Kier alpha value is -2.13. The first kappa shape index (κ1) is 18.2. The second kappa shape index (κ2) is 8.65. The molecule has 128 valence electrons. The fourth-order valence-corrected chi connectivity index (χ4v) is 2.91. The predicted octanol–water partition coefficient (Wildman–Crippen LogP) is 4.83. The summed E-state index contributed by atoms with van der Waals surface area (Å²) in [6.45, 7) is 10.2. The van der Waals surface area contributed by atoms with E-state index < -0.39 is 0 Å². The Bertz CT molecular complexity index is 631. The van der Waals surface area contributed by atoms with Crippen molar-refractivity contribution < 1.29 is 4.79 Å². The first-order valence-electron chi connectivity index (χ1n) is 8.76. The summed E-state index contributed by atoms with van der Waals surface area (Å²) in [6, 6.07) is 17.8. The summed E-state index contributed by atoms with van der Waals surface area (Å²) < 4.78 is 0. The molecular weight excluding hydrogens is 296 g/mol. The molecule has 0 bridgehead atoms. The third-order valence-corrected chi connectivity index (χ3v) is 4.39. The molecular formula is C21H28N2O. The molecule has 0 radical (unpaired) electrons. The summed E-state index contributed by atoms with van der Waals surface area (Å²) in [4.78, 5) is 15.1. The Labute approximate surface area is 145 Å². The summed E-state index contributed by atoms with van der Waals surface area (Å²) in [6.07, 6.45) is 0. The van der Waals surface area contributed by atoms with E-state index in [4.69, 9.17) is 0 Å². The van der Waals surface area contributed by atoms with Crippen molar-refractivity contribution in [2.45, 2.75) is 39.7 Å². The van der Waals surface area contributed by atoms with Crippen LogP contribution in [0.3, 0.4) is 0 Å². The number of amides is 1. The molecule has 1 N–H and O–H groups in total. The Kier molecular flexibility index (Phi) is 6.56. The van der Waals surface area contributed by atoms with Gasteiger partial charge in [0.1, 0.15) is 6.04 Å². The van der Waals surface area contributed by atoms with Crippen LogP contribution in [0, 0.1) is 0 Å². The number of hydrogen-bond donors (Lipinski definition) is 1. The fraction of sp³-hybridized carbons (Fsp3) is 0.381. The van der Waals surface area contributed by atoms with Crippen molar-refractivity contribution in [2.75, 3.05) is 18.4 Å². The standard InChI is InChI=1S/C21H28N2O/c1-5-23(6-2)20(18-10-8-7-9-11-18)21(24)22-19-14-12-17(13-15-19)16(3)4/h7-16,20H,5-6H2,1-4H3,(H,22,24)/t20-/m1/s1. The maximum Gasteiger partial charge on any atom is 0.246 e. The highest BCUT2D eigenvalue weighted by atomic mass is 16.2. The van der Waals surface area contributed by atoms with Gasteiger partial charge in [-0.05, 0) is 42.3 Å². The minimum Gasteiger partial charge on any atom is -0.324 e. The molecule has 0 saturated heterocycles. The summed E-state index contributed by atoms with van der Waals surface area (Å²) in [5.74, 6) is 0.504. The van der Waals surface area contributed by atoms with Gasteiger partial charge >= 0.3 is 0 Å². The number of likely N-dealkylation sites (N-methyl/N-ethyl adjacent to an activating group) is 1. The Morgan fingerprint density at radius 2 is 1.50 bits per heavy atom. The highest BCUT2D eigenvalue weighted by molar-refractivity contribution is 5.95. The van der Waals surface area contributed by atoms with Crippen LogP contribution in [0.1, 0.15) is 50.8 Å². The van der Waals surface area contributed by atoms with E-state index in [0.717, 1.165) is 24.3 Å². The van der Waals surface area contributed by atoms with Crippen molar-refractivity contribution in [2.24, 2.45) is 0 Å². The van der Waals surface area contributed by atoms with Gasteiger partial charge < -0.3 is 5.32 Å². The highest BCUT2D eigenvalue weighted by Crippen LogP contribution is 2.23. The van der Waals surface area contributed by atoms with Crippen LogP contribution in [-0.2, 0) is 4.79 Å². The van der Waals surface area contributed by atoms with Gasteiger partial charge in [-0.3, -0.25) is 9.69 Å². The molecule has 0 unspecified atom stereocenters. The zero-order valence-corrected chi connectivity index (χ0v) is 15.1. The minimum absolute atomic E-state index is 0.0159. The molecule has 2 aromatic carbocycles. The smallest absolute Gasteiger partial charge is 0.246 e. The molecule has 2 aromatic rings. The molecule has 2 rings (SSSR count). The van der Waals surface area contributed by atoms with E-state index in [1.165, 1.54) is 5.56 Å². The van der Waals surface area contributed by atoms with Crippen LogP contribution in [0.15, 0.2) is 54.6 Å². The van der Waals surface area contributed by atoms with Crippen LogP contribution in [0.25, 0.3) is 0 Å². The lowest BCUT2D eigenvalue weighted by atomic mass is 10.0. The van der Waals surface area contributed by atoms with Gasteiger partial charge in [-0.15, -0.1) is 0 Å². The number of carbonyl (C=O) groups is 1. The largest absolute Gasteiger partial charge is 0.324 e. The molecule has 0 fully saturated rings. The number of nitrogens with zero attached hydrogens (tertiary/aromatic N) is 1. The van der Waals surface area contributed by atoms with E-state index in [9.17, 15) is 4.79 Å². The molecule has 3 heteroatoms. The topological polar surface area (TPSA) is 32.3 Å². The third-order valence-electron chi connectivity index (χ3n) is 4.39. The first-order chi connectivity index (χ1) is 11.6. The van der Waals surface area contributed by atoms with Crippen molar-refractivity contribution in [3.05, 3.63) is 65.7 Å². The van der Waals surface area contributed by atoms with Crippen LogP contribution in [0.4, 0.5) is 5.69 Å². The van der Waals surface area contributed by atoms with E-state index >= 15 is 0 Å². The molecule has 0 aromatic heterocycles. The maximum atomic E-state index is 12.9. The van der Waals surface area contributed by atoms with Crippen LogP contribution in [0.5, 0.6) is 0 Å². The van der Waals surface area contributed by atoms with Gasteiger partial charge in [0.15, 0.2) is 0 Å². The van der Waals surface area contributed by atoms with Gasteiger partial charge in [0.25, 0.3) is 0 Å². The zero-order chi connectivity index (χ0) is 17.5. The molecule has 0 aliphatic carbocycles. The zero-order valence-electron chi connectivity index (χ0n) is 15.1. The quantitative estimate of drug-likeness (QED) is 0.791. The SMILES string of the molecule is CCN(CC)[C@@H](C(=O)Nc1ccc(C(C)C)cc1)c1ccccc1. The fourth-order valence-electron chi connectivity index (χ4n) is 2.91. The predicted molar refractivity (Wildman–Crippen MR) is 101 cm³/mol. The molecule has 0 aliphatic heterocycles. The number of benzene rings is 2. The van der Waals surface area contributed by atoms with Crippen LogP contribution >= 0.6 is 0 Å². The molecule has 1 amide bonds. The van der Waals surface area contributed by atoms with E-state index in [0.29, 0.717) is 5.92 Å². The molecule has 0 heterocycles. The van der Waals surface area contributed by atoms with Gasteiger partial charge in [0.2, 0.25) is 5.91 Å². The van der Waals surface area contributed by atoms with Crippen molar-refractivity contribution in [3.8, 4) is 0 Å². The molecule has 0 aliphatic rings. The Balaban J connectivity index is 2.21. The summed E-state index contributed by atoms with van der Waals surface area (Å²) in [7, 11) is 0. The normalized spacial score (nSPS) is 12.4. The maximum absolute atomic E-state index is 12.9. The van der Waals surface area contributed by atoms with Crippen molar-refractivity contribution in [3.63, 3.8) is 0 Å². The molecule has 3 nitrogen and oxygen atoms in total. The molecule has 1 atom stereocenters. The van der Waals surface area contributed by atoms with Crippen molar-refractivity contribution in [1.29, 1.82) is 0 Å². The van der Waals surface area contributed by atoms with Crippen molar-refractivity contribution >= 4 is 11.6 Å². The second-order valence-corrected chi connectivity index (χ2v) is 6.30. The average molecular weight is 324 g/mol.